The number of aliphatic hydroxyl groups excluding tert-OH is 1. The summed E-state index contributed by atoms with van der Waals surface area (Å²) >= 11 is 0. The summed E-state index contributed by atoms with van der Waals surface area (Å²) in [7, 11) is 0. The van der Waals surface area contributed by atoms with Crippen LogP contribution in [0.15, 0.2) is 54.7 Å². The molecule has 0 unspecified atom stereocenters. The highest BCUT2D eigenvalue weighted by Crippen LogP contribution is 2.51. The van der Waals surface area contributed by atoms with Crippen molar-refractivity contribution in [3.05, 3.63) is 71.7 Å². The van der Waals surface area contributed by atoms with E-state index in [-0.39, 0.29) is 18.0 Å². The second-order valence-electron chi connectivity index (χ2n) is 6.47. The van der Waals surface area contributed by atoms with Crippen LogP contribution >= 0.6 is 0 Å². The number of aliphatic hydroxyl groups is 1. The third-order valence-corrected chi connectivity index (χ3v) is 4.99. The normalized spacial score (nSPS) is 15.8. The summed E-state index contributed by atoms with van der Waals surface area (Å²) in [4.78, 5) is 0. The summed E-state index contributed by atoms with van der Waals surface area (Å²) in [6.45, 7) is 1.48. The van der Waals surface area contributed by atoms with Gasteiger partial charge in [0.15, 0.2) is 0 Å². The lowest BCUT2D eigenvalue weighted by Crippen LogP contribution is -2.18. The van der Waals surface area contributed by atoms with Gasteiger partial charge in [0.1, 0.15) is 5.82 Å². The summed E-state index contributed by atoms with van der Waals surface area (Å²) in [6, 6.07) is 15.4. The van der Waals surface area contributed by atoms with E-state index in [4.69, 9.17) is 5.11 Å². The molecule has 0 radical (unpaired) electrons. The van der Waals surface area contributed by atoms with Gasteiger partial charge in [0.2, 0.25) is 0 Å². The van der Waals surface area contributed by atoms with Crippen molar-refractivity contribution in [2.75, 3.05) is 13.2 Å². The maximum absolute atomic E-state index is 13.3. The van der Waals surface area contributed by atoms with Crippen molar-refractivity contribution >= 4 is 10.9 Å². The number of nitrogens with zero attached hydrogens (tertiary/aromatic N) is 1. The standard InChI is InChI=1S/C20H21FN2O/c21-17-6-4-16(5-7-17)20(9-10-20)23-12-8-18-15(14-22-11-13-24)2-1-3-19(18)23/h1-8,12,22,24H,9-11,13-14H2. The molecule has 2 N–H and O–H groups in total. The zero-order valence-electron chi connectivity index (χ0n) is 13.5. The molecule has 0 saturated heterocycles. The molecule has 0 amide bonds. The molecule has 124 valence electrons. The lowest BCUT2D eigenvalue weighted by Gasteiger charge is -2.20. The molecule has 0 bridgehead atoms. The smallest absolute Gasteiger partial charge is 0.123 e. The van der Waals surface area contributed by atoms with Crippen LogP contribution in [0.25, 0.3) is 10.9 Å². The molecule has 0 spiro atoms. The van der Waals surface area contributed by atoms with Gasteiger partial charge in [-0.1, -0.05) is 24.3 Å². The molecule has 3 nitrogen and oxygen atoms in total. The molecule has 1 aliphatic rings. The summed E-state index contributed by atoms with van der Waals surface area (Å²) in [5, 5.41) is 13.4. The average Bonchev–Trinajstić information content (AvgIpc) is 3.28. The van der Waals surface area contributed by atoms with E-state index in [0.717, 1.165) is 19.4 Å². The molecule has 1 heterocycles. The van der Waals surface area contributed by atoms with E-state index in [2.05, 4.69) is 40.3 Å². The molecule has 0 aliphatic heterocycles. The Bertz CT molecular complexity index is 850. The number of benzene rings is 2. The van der Waals surface area contributed by atoms with E-state index in [1.165, 1.54) is 22.0 Å². The summed E-state index contributed by atoms with van der Waals surface area (Å²) in [6.07, 6.45) is 4.31. The highest BCUT2D eigenvalue weighted by molar-refractivity contribution is 5.84. The van der Waals surface area contributed by atoms with E-state index >= 15 is 0 Å². The molecule has 1 aliphatic carbocycles. The van der Waals surface area contributed by atoms with Crippen LogP contribution in [0.5, 0.6) is 0 Å². The van der Waals surface area contributed by atoms with Crippen LogP contribution in [0, 0.1) is 5.82 Å². The lowest BCUT2D eigenvalue weighted by molar-refractivity contribution is 0.292. The van der Waals surface area contributed by atoms with E-state index in [1.807, 2.05) is 12.1 Å². The molecule has 24 heavy (non-hydrogen) atoms. The molecular weight excluding hydrogens is 303 g/mol. The molecule has 4 rings (SSSR count). The van der Waals surface area contributed by atoms with E-state index in [9.17, 15) is 4.39 Å². The van der Waals surface area contributed by atoms with Crippen molar-refractivity contribution in [2.45, 2.75) is 24.9 Å². The number of halogens is 1. The van der Waals surface area contributed by atoms with Crippen LogP contribution in [0.2, 0.25) is 0 Å². The van der Waals surface area contributed by atoms with Crippen molar-refractivity contribution in [3.63, 3.8) is 0 Å². The van der Waals surface area contributed by atoms with Crippen LogP contribution in [-0.2, 0) is 12.1 Å². The Hall–Kier alpha value is -2.17. The number of hydrogen-bond acceptors (Lipinski definition) is 2. The zero-order chi connectivity index (χ0) is 16.6. The Morgan fingerprint density at radius 2 is 1.88 bits per heavy atom. The molecule has 0 atom stereocenters. The second kappa shape index (κ2) is 6.04. The van der Waals surface area contributed by atoms with Gasteiger partial charge in [0.25, 0.3) is 0 Å². The van der Waals surface area contributed by atoms with E-state index < -0.39 is 0 Å². The Morgan fingerprint density at radius 1 is 1.08 bits per heavy atom. The van der Waals surface area contributed by atoms with Crippen molar-refractivity contribution < 1.29 is 9.50 Å². The van der Waals surface area contributed by atoms with E-state index in [1.54, 1.807) is 12.1 Å². The van der Waals surface area contributed by atoms with Gasteiger partial charge in [-0.3, -0.25) is 0 Å². The topological polar surface area (TPSA) is 37.2 Å². The van der Waals surface area contributed by atoms with Gasteiger partial charge in [0, 0.05) is 30.2 Å². The number of aromatic nitrogens is 1. The fourth-order valence-electron chi connectivity index (χ4n) is 3.61. The number of fused-ring (bicyclic) bond motifs is 1. The fourth-order valence-corrected chi connectivity index (χ4v) is 3.61. The first-order valence-corrected chi connectivity index (χ1v) is 8.42. The van der Waals surface area contributed by atoms with Gasteiger partial charge < -0.3 is 15.0 Å². The molecule has 1 aromatic heterocycles. The minimum atomic E-state index is -0.191. The van der Waals surface area contributed by atoms with Gasteiger partial charge >= 0.3 is 0 Å². The zero-order valence-corrected chi connectivity index (χ0v) is 13.5. The molecule has 4 heteroatoms. The third-order valence-electron chi connectivity index (χ3n) is 4.99. The summed E-state index contributed by atoms with van der Waals surface area (Å²) in [5.74, 6) is -0.191. The largest absolute Gasteiger partial charge is 0.395 e. The minimum Gasteiger partial charge on any atom is -0.395 e. The second-order valence-corrected chi connectivity index (χ2v) is 6.47. The van der Waals surface area contributed by atoms with Crippen LogP contribution in [-0.4, -0.2) is 22.8 Å². The fraction of sp³-hybridized carbons (Fsp3) is 0.300. The first-order valence-electron chi connectivity index (χ1n) is 8.42. The Labute approximate surface area is 140 Å². The quantitative estimate of drug-likeness (QED) is 0.682. The van der Waals surface area contributed by atoms with Crippen molar-refractivity contribution in [2.24, 2.45) is 0 Å². The maximum atomic E-state index is 13.3. The van der Waals surface area contributed by atoms with Crippen molar-refractivity contribution in [3.8, 4) is 0 Å². The Kier molecular flexibility index (Phi) is 3.87. The Balaban J connectivity index is 1.73. The summed E-state index contributed by atoms with van der Waals surface area (Å²) in [5.41, 5.74) is 3.58. The van der Waals surface area contributed by atoms with Crippen LogP contribution in [0.3, 0.4) is 0 Å². The summed E-state index contributed by atoms with van der Waals surface area (Å²) < 4.78 is 15.6. The van der Waals surface area contributed by atoms with Gasteiger partial charge in [-0.25, -0.2) is 4.39 Å². The average molecular weight is 324 g/mol. The Morgan fingerprint density at radius 3 is 2.58 bits per heavy atom. The molecule has 1 fully saturated rings. The van der Waals surface area contributed by atoms with Crippen LogP contribution < -0.4 is 5.32 Å². The third kappa shape index (κ3) is 2.52. The van der Waals surface area contributed by atoms with Crippen LogP contribution in [0.1, 0.15) is 24.0 Å². The van der Waals surface area contributed by atoms with Gasteiger partial charge in [0.05, 0.1) is 12.1 Å². The SMILES string of the molecule is OCCNCc1cccc2c1ccn2C1(c2ccc(F)cc2)CC1. The maximum Gasteiger partial charge on any atom is 0.123 e. The monoisotopic (exact) mass is 324 g/mol. The molecular formula is C20H21FN2O. The first kappa shape index (κ1) is 15.4. The number of hydrogen-bond donors (Lipinski definition) is 2. The number of rotatable bonds is 6. The number of nitrogens with one attached hydrogen (secondary N) is 1. The van der Waals surface area contributed by atoms with Crippen molar-refractivity contribution in [1.29, 1.82) is 0 Å². The lowest BCUT2D eigenvalue weighted by atomic mass is 10.0. The van der Waals surface area contributed by atoms with Gasteiger partial charge in [-0.2, -0.15) is 0 Å². The molecule has 2 aromatic carbocycles. The highest BCUT2D eigenvalue weighted by atomic mass is 19.1. The predicted octanol–water partition coefficient (Wildman–Crippen LogP) is 3.40. The highest BCUT2D eigenvalue weighted by Gasteiger charge is 2.46. The first-order chi connectivity index (χ1) is 11.7. The minimum absolute atomic E-state index is 0.0351. The van der Waals surface area contributed by atoms with Gasteiger partial charge in [-0.15, -0.1) is 0 Å². The molecule has 1 saturated carbocycles. The predicted molar refractivity (Wildman–Crippen MR) is 93.4 cm³/mol. The van der Waals surface area contributed by atoms with Gasteiger partial charge in [-0.05, 0) is 48.2 Å². The van der Waals surface area contributed by atoms with Crippen molar-refractivity contribution in [1.82, 2.24) is 9.88 Å². The molecule has 3 aromatic rings. The van der Waals surface area contributed by atoms with Crippen LogP contribution in [0.4, 0.5) is 4.39 Å². The van der Waals surface area contributed by atoms with E-state index in [0.29, 0.717) is 6.54 Å².